The summed E-state index contributed by atoms with van der Waals surface area (Å²) >= 11 is 0. The average molecular weight is 220 g/mol. The maximum atomic E-state index is 2.44. The van der Waals surface area contributed by atoms with E-state index in [9.17, 15) is 0 Å². The first kappa shape index (κ1) is 13.4. The van der Waals surface area contributed by atoms with Gasteiger partial charge in [-0.1, -0.05) is 39.5 Å². The lowest BCUT2D eigenvalue weighted by Crippen LogP contribution is -2.38. The zero-order valence-corrected chi connectivity index (χ0v) is 11.4. The molecule has 0 aromatic carbocycles. The van der Waals surface area contributed by atoms with Crippen molar-refractivity contribution in [1.82, 2.24) is 4.48 Å². The van der Waals surface area contributed by atoms with Crippen molar-refractivity contribution >= 4 is 14.3 Å². The van der Waals surface area contributed by atoms with Crippen LogP contribution in [0, 0.1) is 0 Å². The van der Waals surface area contributed by atoms with Gasteiger partial charge < -0.3 is 8.96 Å². The van der Waals surface area contributed by atoms with Crippen molar-refractivity contribution in [2.75, 3.05) is 0 Å². The Morgan fingerprint density at radius 2 is 2.00 bits per heavy atom. The van der Waals surface area contributed by atoms with Crippen LogP contribution in [0.4, 0.5) is 0 Å². The third kappa shape index (κ3) is 4.46. The molecule has 1 heterocycles. The molecule has 0 unspecified atom stereocenters. The predicted octanol–water partition coefficient (Wildman–Crippen LogP) is 2.20. The summed E-state index contributed by atoms with van der Waals surface area (Å²) in [6, 6.07) is 0. The van der Waals surface area contributed by atoms with Gasteiger partial charge in [-0.05, 0) is 13.1 Å². The molecule has 90 valence electrons. The van der Waals surface area contributed by atoms with Crippen LogP contribution in [0.1, 0.15) is 39.5 Å². The molecule has 0 radical (unpaired) electrons. The van der Waals surface area contributed by atoms with Crippen molar-refractivity contribution in [3.63, 3.8) is 0 Å². The number of aromatic nitrogens is 2. The minimum absolute atomic E-state index is 0.0656. The monoisotopic (exact) mass is 220 g/mol. The largest absolute Gasteiger partial charge is 0.443 e. The highest BCUT2D eigenvalue weighted by Gasteiger charge is 2.15. The molecule has 0 amide bonds. The SMILES string of the molecule is CCCC[BH2-][n+]1ccn(B(C)CCCC)c1. The maximum absolute atomic E-state index is 2.44. The molecule has 0 N–H and O–H groups in total. The van der Waals surface area contributed by atoms with Crippen LogP contribution in [-0.4, -0.2) is 18.7 Å². The van der Waals surface area contributed by atoms with Gasteiger partial charge in [0.25, 0.3) is 0 Å². The van der Waals surface area contributed by atoms with Gasteiger partial charge in [0, 0.05) is 0 Å². The number of hydrogen-bond acceptors (Lipinski definition) is 0. The molecule has 1 aromatic heterocycles. The van der Waals surface area contributed by atoms with E-state index in [1.54, 1.807) is 0 Å². The number of hydrogen-bond donors (Lipinski definition) is 0. The van der Waals surface area contributed by atoms with Gasteiger partial charge in [-0.3, -0.25) is 0 Å². The molecule has 1 aromatic rings. The Labute approximate surface area is 101 Å². The van der Waals surface area contributed by atoms with E-state index < -0.39 is 0 Å². The van der Waals surface area contributed by atoms with E-state index in [0.29, 0.717) is 6.85 Å². The highest BCUT2D eigenvalue weighted by Crippen LogP contribution is 2.02. The van der Waals surface area contributed by atoms with E-state index in [4.69, 9.17) is 0 Å². The first-order valence-electron chi connectivity index (χ1n) is 7.18. The van der Waals surface area contributed by atoms with Crippen LogP contribution in [0.2, 0.25) is 19.5 Å². The van der Waals surface area contributed by atoms with Crippen LogP contribution in [0.15, 0.2) is 18.7 Å². The molecule has 0 saturated carbocycles. The Morgan fingerprint density at radius 1 is 1.25 bits per heavy atom. The first-order valence-corrected chi connectivity index (χ1v) is 7.18. The second-order valence-corrected chi connectivity index (χ2v) is 5.19. The van der Waals surface area contributed by atoms with E-state index in [1.807, 2.05) is 0 Å². The smallest absolute Gasteiger partial charge is 0.374 e. The molecule has 1 rings (SSSR count). The molecule has 4 heteroatoms. The Morgan fingerprint density at radius 3 is 2.69 bits per heavy atom. The summed E-state index contributed by atoms with van der Waals surface area (Å²) in [5.41, 5.74) is 0. The summed E-state index contributed by atoms with van der Waals surface area (Å²) in [7, 11) is 0.0656. The Kier molecular flexibility index (Phi) is 6.36. The van der Waals surface area contributed by atoms with E-state index in [2.05, 4.69) is 48.3 Å². The molecule has 2 nitrogen and oxygen atoms in total. The number of rotatable bonds is 8. The predicted molar refractivity (Wildman–Crippen MR) is 75.0 cm³/mol. The van der Waals surface area contributed by atoms with Crippen LogP contribution in [0.3, 0.4) is 0 Å². The second kappa shape index (κ2) is 7.59. The van der Waals surface area contributed by atoms with Gasteiger partial charge in [0.1, 0.15) is 6.20 Å². The minimum atomic E-state index is 0.0656. The fraction of sp³-hybridized carbons (Fsp3) is 0.750. The molecule has 0 aliphatic rings. The molecule has 0 atom stereocenters. The van der Waals surface area contributed by atoms with Gasteiger partial charge in [0.15, 0.2) is 13.7 Å². The van der Waals surface area contributed by atoms with E-state index in [1.165, 1.54) is 38.3 Å². The highest BCUT2D eigenvalue weighted by atomic mass is 15.0. The Balaban J connectivity index is 2.37. The molecule has 0 aliphatic carbocycles. The lowest BCUT2D eigenvalue weighted by molar-refractivity contribution is -0.528. The number of imidazole rings is 1. The quantitative estimate of drug-likeness (QED) is 0.469. The molecule has 0 fully saturated rings. The van der Waals surface area contributed by atoms with Gasteiger partial charge in [0.2, 0.25) is 0 Å². The third-order valence-electron chi connectivity index (χ3n) is 3.57. The van der Waals surface area contributed by atoms with Crippen molar-refractivity contribution in [3.8, 4) is 0 Å². The van der Waals surface area contributed by atoms with Crippen LogP contribution in [0.25, 0.3) is 0 Å². The normalized spacial score (nSPS) is 10.7. The third-order valence-corrected chi connectivity index (χ3v) is 3.57. The van der Waals surface area contributed by atoms with Gasteiger partial charge in [0.05, 0.1) is 6.20 Å². The number of nitrogens with zero attached hydrogens (tertiary/aromatic N) is 2. The van der Waals surface area contributed by atoms with Gasteiger partial charge in [-0.25, -0.2) is 0 Å². The van der Waals surface area contributed by atoms with Crippen molar-refractivity contribution in [2.24, 2.45) is 0 Å². The molecule has 0 spiro atoms. The second-order valence-electron chi connectivity index (χ2n) is 5.19. The molecular formula is C12H26B2N2. The van der Waals surface area contributed by atoms with E-state index in [0.717, 1.165) is 0 Å². The summed E-state index contributed by atoms with van der Waals surface area (Å²) < 4.78 is 4.82. The lowest BCUT2D eigenvalue weighted by Gasteiger charge is -2.04. The van der Waals surface area contributed by atoms with Crippen LogP contribution in [0.5, 0.6) is 0 Å². The van der Waals surface area contributed by atoms with Crippen molar-refractivity contribution < 1.29 is 4.48 Å². The topological polar surface area (TPSA) is 8.81 Å². The Bertz CT molecular complexity index is 286. The van der Waals surface area contributed by atoms with Crippen molar-refractivity contribution in [3.05, 3.63) is 18.7 Å². The highest BCUT2D eigenvalue weighted by molar-refractivity contribution is 6.55. The van der Waals surface area contributed by atoms with Crippen molar-refractivity contribution in [1.29, 1.82) is 0 Å². The first-order chi connectivity index (χ1) is 7.77. The summed E-state index contributed by atoms with van der Waals surface area (Å²) in [5.74, 6) is 0. The summed E-state index contributed by atoms with van der Waals surface area (Å²) in [4.78, 5) is 0. The zero-order valence-electron chi connectivity index (χ0n) is 11.4. The molecule has 0 aliphatic heterocycles. The zero-order chi connectivity index (χ0) is 11.8. The average Bonchev–Trinajstić information content (AvgIpc) is 2.75. The Hall–Kier alpha value is -0.660. The standard InChI is InChI=1S/C12H26B2N2/c1-4-6-8-13-15-10-11-16(12-15)14(3)9-7-5-2/h10-12H,4-9,13H2,1-3H3. The maximum Gasteiger partial charge on any atom is 0.374 e. The molecule has 16 heavy (non-hydrogen) atoms. The van der Waals surface area contributed by atoms with Gasteiger partial charge in [-0.15, -0.1) is 6.32 Å². The molecular weight excluding hydrogens is 194 g/mol. The fourth-order valence-corrected chi connectivity index (χ4v) is 2.34. The summed E-state index contributed by atoms with van der Waals surface area (Å²) in [5, 5.41) is 0. The fourth-order valence-electron chi connectivity index (χ4n) is 2.34. The van der Waals surface area contributed by atoms with Crippen LogP contribution >= 0.6 is 0 Å². The van der Waals surface area contributed by atoms with Crippen molar-refractivity contribution in [2.45, 2.75) is 59.0 Å². The van der Waals surface area contributed by atoms with Crippen LogP contribution in [-0.2, 0) is 0 Å². The van der Waals surface area contributed by atoms with E-state index >= 15 is 0 Å². The molecule has 0 bridgehead atoms. The van der Waals surface area contributed by atoms with Gasteiger partial charge >= 0.3 is 6.85 Å². The molecule has 0 saturated heterocycles. The summed E-state index contributed by atoms with van der Waals surface area (Å²) in [6.45, 7) is 7.53. The lowest BCUT2D eigenvalue weighted by atomic mass is 9.60. The number of unbranched alkanes of at least 4 members (excludes halogenated alkanes) is 2. The van der Waals surface area contributed by atoms with Crippen LogP contribution < -0.4 is 4.48 Å². The minimum Gasteiger partial charge on any atom is -0.443 e. The van der Waals surface area contributed by atoms with Gasteiger partial charge in [-0.2, -0.15) is 0 Å². The summed E-state index contributed by atoms with van der Waals surface area (Å²) in [6.07, 6.45) is 14.9. The van der Waals surface area contributed by atoms with E-state index in [-0.39, 0.29) is 7.41 Å².